The minimum absolute atomic E-state index is 0.0699. The van der Waals surface area contributed by atoms with Crippen LogP contribution in [0.5, 0.6) is 0 Å². The summed E-state index contributed by atoms with van der Waals surface area (Å²) in [6.45, 7) is 1.91. The third kappa shape index (κ3) is 2.06. The van der Waals surface area contributed by atoms with Crippen LogP contribution in [-0.4, -0.2) is 19.2 Å². The van der Waals surface area contributed by atoms with Gasteiger partial charge in [0, 0.05) is 25.2 Å². The molecule has 1 aromatic carbocycles. The SMILES string of the molecule is Cc1c(CO)oc(N(C)C)c1-c1ccccc1. The Labute approximate surface area is 101 Å². The molecular weight excluding hydrogens is 214 g/mol. The molecule has 0 aliphatic carbocycles. The van der Waals surface area contributed by atoms with Crippen molar-refractivity contribution in [3.8, 4) is 11.1 Å². The summed E-state index contributed by atoms with van der Waals surface area (Å²) in [6, 6.07) is 10.1. The molecule has 2 aromatic rings. The first-order chi connectivity index (χ1) is 8.15. The van der Waals surface area contributed by atoms with Gasteiger partial charge in [0.05, 0.1) is 0 Å². The van der Waals surface area contributed by atoms with Crippen molar-refractivity contribution in [2.45, 2.75) is 13.5 Å². The van der Waals surface area contributed by atoms with E-state index in [0.29, 0.717) is 5.76 Å². The Morgan fingerprint density at radius 2 is 1.82 bits per heavy atom. The van der Waals surface area contributed by atoms with Gasteiger partial charge in [0.25, 0.3) is 0 Å². The molecule has 90 valence electrons. The van der Waals surface area contributed by atoms with E-state index in [4.69, 9.17) is 4.42 Å². The van der Waals surface area contributed by atoms with E-state index in [1.807, 2.05) is 56.3 Å². The molecule has 0 unspecified atom stereocenters. The molecule has 0 bridgehead atoms. The van der Waals surface area contributed by atoms with Crippen LogP contribution in [-0.2, 0) is 6.61 Å². The van der Waals surface area contributed by atoms with Crippen LogP contribution in [0.25, 0.3) is 11.1 Å². The molecule has 3 heteroatoms. The zero-order chi connectivity index (χ0) is 12.4. The summed E-state index contributed by atoms with van der Waals surface area (Å²) in [5.41, 5.74) is 3.17. The number of anilines is 1. The predicted molar refractivity (Wildman–Crippen MR) is 69.1 cm³/mol. The highest BCUT2D eigenvalue weighted by molar-refractivity contribution is 5.78. The predicted octanol–water partition coefficient (Wildman–Crippen LogP) is 2.81. The topological polar surface area (TPSA) is 36.6 Å². The first-order valence-electron chi connectivity index (χ1n) is 5.61. The van der Waals surface area contributed by atoms with Gasteiger partial charge < -0.3 is 14.4 Å². The summed E-state index contributed by atoms with van der Waals surface area (Å²) < 4.78 is 5.69. The summed E-state index contributed by atoms with van der Waals surface area (Å²) in [4.78, 5) is 1.93. The highest BCUT2D eigenvalue weighted by Crippen LogP contribution is 2.37. The van der Waals surface area contributed by atoms with Gasteiger partial charge in [0.2, 0.25) is 5.88 Å². The lowest BCUT2D eigenvalue weighted by Gasteiger charge is -2.11. The first-order valence-corrected chi connectivity index (χ1v) is 5.61. The summed E-state index contributed by atoms with van der Waals surface area (Å²) >= 11 is 0. The van der Waals surface area contributed by atoms with Crippen LogP contribution in [0.2, 0.25) is 0 Å². The van der Waals surface area contributed by atoms with E-state index >= 15 is 0 Å². The lowest BCUT2D eigenvalue weighted by Crippen LogP contribution is -2.08. The Kier molecular flexibility index (Phi) is 3.20. The second-order valence-electron chi connectivity index (χ2n) is 4.25. The fourth-order valence-electron chi connectivity index (χ4n) is 1.95. The molecule has 0 aliphatic heterocycles. The zero-order valence-corrected chi connectivity index (χ0v) is 10.4. The van der Waals surface area contributed by atoms with Crippen molar-refractivity contribution < 1.29 is 9.52 Å². The van der Waals surface area contributed by atoms with Crippen LogP contribution in [0.15, 0.2) is 34.7 Å². The molecular formula is C14H17NO2. The van der Waals surface area contributed by atoms with Crippen molar-refractivity contribution in [2.24, 2.45) is 0 Å². The molecule has 0 atom stereocenters. The molecule has 0 saturated heterocycles. The second-order valence-corrected chi connectivity index (χ2v) is 4.25. The summed E-state index contributed by atoms with van der Waals surface area (Å²) in [7, 11) is 3.87. The molecule has 1 aromatic heterocycles. The van der Waals surface area contributed by atoms with Crippen molar-refractivity contribution in [1.82, 2.24) is 0 Å². The van der Waals surface area contributed by atoms with E-state index in [1.165, 1.54) is 0 Å². The molecule has 0 saturated carbocycles. The van der Waals surface area contributed by atoms with Crippen molar-refractivity contribution in [1.29, 1.82) is 0 Å². The Bertz CT molecular complexity index is 500. The zero-order valence-electron chi connectivity index (χ0n) is 10.4. The average molecular weight is 231 g/mol. The molecule has 17 heavy (non-hydrogen) atoms. The van der Waals surface area contributed by atoms with Crippen LogP contribution in [0.3, 0.4) is 0 Å². The fourth-order valence-corrected chi connectivity index (χ4v) is 1.95. The van der Waals surface area contributed by atoms with Gasteiger partial charge in [-0.1, -0.05) is 30.3 Å². The van der Waals surface area contributed by atoms with Crippen LogP contribution in [0.1, 0.15) is 11.3 Å². The van der Waals surface area contributed by atoms with E-state index in [-0.39, 0.29) is 6.61 Å². The maximum atomic E-state index is 9.27. The van der Waals surface area contributed by atoms with Crippen molar-refractivity contribution >= 4 is 5.88 Å². The van der Waals surface area contributed by atoms with E-state index in [1.54, 1.807) is 0 Å². The Hall–Kier alpha value is -1.74. The van der Waals surface area contributed by atoms with Crippen molar-refractivity contribution in [3.63, 3.8) is 0 Å². The maximum absolute atomic E-state index is 9.27. The molecule has 1 heterocycles. The average Bonchev–Trinajstić information content (AvgIpc) is 2.67. The van der Waals surface area contributed by atoms with Crippen LogP contribution < -0.4 is 4.90 Å². The quantitative estimate of drug-likeness (QED) is 0.882. The minimum Gasteiger partial charge on any atom is -0.442 e. The highest BCUT2D eigenvalue weighted by Gasteiger charge is 2.19. The molecule has 2 rings (SSSR count). The number of hydrogen-bond donors (Lipinski definition) is 1. The van der Waals surface area contributed by atoms with Crippen molar-refractivity contribution in [2.75, 3.05) is 19.0 Å². The molecule has 3 nitrogen and oxygen atoms in total. The number of aliphatic hydroxyl groups is 1. The van der Waals surface area contributed by atoms with Crippen LogP contribution in [0.4, 0.5) is 5.88 Å². The lowest BCUT2D eigenvalue weighted by molar-refractivity contribution is 0.247. The fraction of sp³-hybridized carbons (Fsp3) is 0.286. The molecule has 0 spiro atoms. The summed E-state index contributed by atoms with van der Waals surface area (Å²) in [5, 5.41) is 9.27. The molecule has 0 radical (unpaired) electrons. The first kappa shape index (κ1) is 11.7. The third-order valence-electron chi connectivity index (χ3n) is 2.84. The minimum atomic E-state index is -0.0699. The molecule has 0 aliphatic rings. The lowest BCUT2D eigenvalue weighted by atomic mass is 10.0. The summed E-state index contributed by atoms with van der Waals surface area (Å²) in [6.07, 6.45) is 0. The molecule has 1 N–H and O–H groups in total. The number of nitrogens with zero attached hydrogens (tertiary/aromatic N) is 1. The second kappa shape index (κ2) is 4.63. The standard InChI is InChI=1S/C14H17NO2/c1-10-12(9-16)17-14(15(2)3)13(10)11-7-5-4-6-8-11/h4-8,16H,9H2,1-3H3. The van der Waals surface area contributed by atoms with E-state index in [2.05, 4.69) is 0 Å². The van der Waals surface area contributed by atoms with Gasteiger partial charge in [-0.15, -0.1) is 0 Å². The third-order valence-corrected chi connectivity index (χ3v) is 2.84. The van der Waals surface area contributed by atoms with Gasteiger partial charge in [-0.05, 0) is 12.5 Å². The smallest absolute Gasteiger partial charge is 0.203 e. The number of benzene rings is 1. The monoisotopic (exact) mass is 231 g/mol. The van der Waals surface area contributed by atoms with Gasteiger partial charge >= 0.3 is 0 Å². The van der Waals surface area contributed by atoms with Gasteiger partial charge in [0.15, 0.2) is 0 Å². The van der Waals surface area contributed by atoms with Gasteiger partial charge in [-0.2, -0.15) is 0 Å². The number of hydrogen-bond acceptors (Lipinski definition) is 3. The van der Waals surface area contributed by atoms with E-state index in [0.717, 1.165) is 22.6 Å². The van der Waals surface area contributed by atoms with Gasteiger partial charge in [-0.3, -0.25) is 0 Å². The largest absolute Gasteiger partial charge is 0.442 e. The Morgan fingerprint density at radius 3 is 2.35 bits per heavy atom. The van der Waals surface area contributed by atoms with E-state index < -0.39 is 0 Å². The van der Waals surface area contributed by atoms with Gasteiger partial charge in [0.1, 0.15) is 12.4 Å². The van der Waals surface area contributed by atoms with Crippen molar-refractivity contribution in [3.05, 3.63) is 41.7 Å². The van der Waals surface area contributed by atoms with Crippen LogP contribution in [0, 0.1) is 6.92 Å². The number of aliphatic hydroxyl groups excluding tert-OH is 1. The van der Waals surface area contributed by atoms with Crippen LogP contribution >= 0.6 is 0 Å². The number of rotatable bonds is 3. The number of furan rings is 1. The summed E-state index contributed by atoms with van der Waals surface area (Å²) in [5.74, 6) is 1.42. The maximum Gasteiger partial charge on any atom is 0.203 e. The van der Waals surface area contributed by atoms with Gasteiger partial charge in [-0.25, -0.2) is 0 Å². The normalized spacial score (nSPS) is 10.6. The Balaban J connectivity index is 2.63. The van der Waals surface area contributed by atoms with E-state index in [9.17, 15) is 5.11 Å². The molecule has 0 amide bonds. The Morgan fingerprint density at radius 1 is 1.18 bits per heavy atom. The molecule has 0 fully saturated rings. The highest BCUT2D eigenvalue weighted by atomic mass is 16.4.